The summed E-state index contributed by atoms with van der Waals surface area (Å²) in [5.41, 5.74) is 6.64. The van der Waals surface area contributed by atoms with Gasteiger partial charge in [0, 0.05) is 6.42 Å². The minimum absolute atomic E-state index is 0.0295. The molecule has 2 fully saturated rings. The Morgan fingerprint density at radius 2 is 2.00 bits per heavy atom. The average molecular weight is 447 g/mol. The Labute approximate surface area is 173 Å². The number of halogens is 1. The summed E-state index contributed by atoms with van der Waals surface area (Å²) in [6.07, 6.45) is -1.79. The van der Waals surface area contributed by atoms with E-state index in [1.165, 1.54) is 10.9 Å². The lowest BCUT2D eigenvalue weighted by Gasteiger charge is -2.20. The smallest absolute Gasteiger partial charge is 0.285 e. The molecule has 2 saturated heterocycles. The van der Waals surface area contributed by atoms with Gasteiger partial charge in [-0.2, -0.15) is 9.97 Å². The summed E-state index contributed by atoms with van der Waals surface area (Å²) in [5, 5.41) is 21.3. The van der Waals surface area contributed by atoms with E-state index >= 15 is 0 Å². The Hall–Kier alpha value is -1.13. The van der Waals surface area contributed by atoms with Crippen molar-refractivity contribution in [1.82, 2.24) is 19.5 Å². The van der Waals surface area contributed by atoms with Crippen LogP contribution >= 0.6 is 19.3 Å². The normalized spacial score (nSPS) is 37.9. The maximum absolute atomic E-state index is 10.6. The van der Waals surface area contributed by atoms with E-state index in [1.807, 2.05) is 20.8 Å². The van der Waals surface area contributed by atoms with Crippen molar-refractivity contribution >= 4 is 36.4 Å². The van der Waals surface area contributed by atoms with Crippen molar-refractivity contribution in [2.45, 2.75) is 75.6 Å². The van der Waals surface area contributed by atoms with Crippen molar-refractivity contribution in [3.05, 3.63) is 11.5 Å². The van der Waals surface area contributed by atoms with Crippen LogP contribution in [-0.4, -0.2) is 70.4 Å². The third-order valence-electron chi connectivity index (χ3n) is 6.05. The second-order valence-corrected chi connectivity index (χ2v) is 11.3. The molecule has 12 heteroatoms. The number of nitrogens with two attached hydrogens (primary N) is 1. The predicted octanol–water partition coefficient (Wildman–Crippen LogP) is 1.50. The number of nitrogen functional groups attached to an aromatic ring is 1. The Kier molecular flexibility index (Phi) is 5.48. The molecule has 2 aliphatic rings. The second kappa shape index (κ2) is 7.53. The first-order chi connectivity index (χ1) is 13.7. The minimum Gasteiger partial charge on any atom is -0.388 e. The Morgan fingerprint density at radius 3 is 2.62 bits per heavy atom. The molecule has 160 valence electrons. The van der Waals surface area contributed by atoms with Crippen LogP contribution in [0, 0.1) is 0 Å². The molecular weight excluding hydrogens is 421 g/mol. The van der Waals surface area contributed by atoms with E-state index in [0.717, 1.165) is 0 Å². The summed E-state index contributed by atoms with van der Waals surface area (Å²) in [6.45, 7) is 5.92. The van der Waals surface area contributed by atoms with Gasteiger partial charge in [-0.3, -0.25) is 4.57 Å². The zero-order valence-corrected chi connectivity index (χ0v) is 18.0. The van der Waals surface area contributed by atoms with Crippen molar-refractivity contribution in [3.8, 4) is 0 Å². The van der Waals surface area contributed by atoms with E-state index in [-0.39, 0.29) is 28.5 Å². The minimum atomic E-state index is -2.38. The molecule has 10 nitrogen and oxygen atoms in total. The summed E-state index contributed by atoms with van der Waals surface area (Å²) >= 11 is 6.06. The SMILES string of the molecule is CCC(C[C@H]1OC(n2cnc3c(Cl)nc(N)nc32)[C@H](O)[C@@H]1O)O[P+]1(O)C(C)C1C. The average Bonchev–Trinajstić information content (AvgIpc) is 3.01. The summed E-state index contributed by atoms with van der Waals surface area (Å²) in [4.78, 5) is 22.8. The van der Waals surface area contributed by atoms with Crippen LogP contribution in [0.2, 0.25) is 5.15 Å². The molecule has 0 saturated carbocycles. The third-order valence-corrected chi connectivity index (χ3v) is 9.84. The monoisotopic (exact) mass is 446 g/mol. The maximum Gasteiger partial charge on any atom is 0.285 e. The number of fused-ring (bicyclic) bond motifs is 1. The number of anilines is 1. The molecule has 0 spiro atoms. The van der Waals surface area contributed by atoms with Gasteiger partial charge in [0.05, 0.1) is 12.4 Å². The summed E-state index contributed by atoms with van der Waals surface area (Å²) in [6, 6.07) is 0. The van der Waals surface area contributed by atoms with Crippen molar-refractivity contribution in [2.75, 3.05) is 5.73 Å². The van der Waals surface area contributed by atoms with Crippen LogP contribution < -0.4 is 5.73 Å². The highest BCUT2D eigenvalue weighted by molar-refractivity contribution is 7.74. The van der Waals surface area contributed by atoms with Crippen LogP contribution in [0.3, 0.4) is 0 Å². The van der Waals surface area contributed by atoms with Gasteiger partial charge in [0.25, 0.3) is 7.72 Å². The molecule has 4 rings (SSSR count). The molecule has 0 aliphatic carbocycles. The van der Waals surface area contributed by atoms with Gasteiger partial charge in [0.2, 0.25) is 5.95 Å². The van der Waals surface area contributed by atoms with Gasteiger partial charge >= 0.3 is 0 Å². The van der Waals surface area contributed by atoms with Gasteiger partial charge < -0.3 is 20.7 Å². The van der Waals surface area contributed by atoms with Crippen molar-refractivity contribution in [3.63, 3.8) is 0 Å². The summed E-state index contributed by atoms with van der Waals surface area (Å²) < 4.78 is 13.5. The van der Waals surface area contributed by atoms with Gasteiger partial charge in [0.1, 0.15) is 23.8 Å². The van der Waals surface area contributed by atoms with Gasteiger partial charge in [0.15, 0.2) is 28.3 Å². The van der Waals surface area contributed by atoms with Gasteiger partial charge in [-0.15, -0.1) is 0 Å². The highest BCUT2D eigenvalue weighted by atomic mass is 35.5. The van der Waals surface area contributed by atoms with Crippen LogP contribution in [-0.2, 0) is 9.26 Å². The molecule has 2 aromatic rings. The van der Waals surface area contributed by atoms with Crippen LogP contribution in [0.15, 0.2) is 6.33 Å². The molecule has 2 aliphatic heterocycles. The fourth-order valence-electron chi connectivity index (χ4n) is 3.85. The van der Waals surface area contributed by atoms with Crippen molar-refractivity contribution in [1.29, 1.82) is 0 Å². The standard InChI is InChI=1S/C17H26ClN5O5P/c1-4-9(28-29(26)7(2)8(29)3)5-10-12(24)13(25)16(27-10)23-6-20-11-14(18)21-17(19)22-15(11)23/h6-10,12-13,16,24-26H,4-5H2,1-3H3,(H2,19,21,22)/q+1/t7?,8?,9?,10-,12-,13-,16?,29?/m1/s1. The zero-order chi connectivity index (χ0) is 21.1. The Bertz CT molecular complexity index is 908. The van der Waals surface area contributed by atoms with Gasteiger partial charge in [-0.05, 0) is 20.3 Å². The second-order valence-electron chi connectivity index (χ2n) is 7.77. The van der Waals surface area contributed by atoms with Crippen molar-refractivity contribution < 1.29 is 24.4 Å². The van der Waals surface area contributed by atoms with E-state index in [2.05, 4.69) is 15.0 Å². The highest BCUT2D eigenvalue weighted by Crippen LogP contribution is 2.82. The van der Waals surface area contributed by atoms with Gasteiger partial charge in [-0.25, -0.2) is 14.4 Å². The van der Waals surface area contributed by atoms with Crippen LogP contribution in [0.1, 0.15) is 39.8 Å². The maximum atomic E-state index is 10.6. The molecule has 0 amide bonds. The molecule has 0 bridgehead atoms. The highest BCUT2D eigenvalue weighted by Gasteiger charge is 2.73. The molecule has 29 heavy (non-hydrogen) atoms. The number of aliphatic hydroxyl groups excluding tert-OH is 2. The summed E-state index contributed by atoms with van der Waals surface area (Å²) in [5.74, 6) is -0.0295. The number of imidazole rings is 1. The van der Waals surface area contributed by atoms with E-state index in [4.69, 9.17) is 26.6 Å². The van der Waals surface area contributed by atoms with Crippen molar-refractivity contribution in [2.24, 2.45) is 0 Å². The Balaban J connectivity index is 1.52. The Morgan fingerprint density at radius 1 is 1.31 bits per heavy atom. The quantitative estimate of drug-likeness (QED) is 0.382. The summed E-state index contributed by atoms with van der Waals surface area (Å²) in [7, 11) is -2.38. The number of rotatable bonds is 6. The molecule has 4 heterocycles. The molecule has 4 unspecified atom stereocenters. The molecule has 2 aromatic heterocycles. The largest absolute Gasteiger partial charge is 0.388 e. The van der Waals surface area contributed by atoms with Crippen LogP contribution in [0.25, 0.3) is 11.2 Å². The first kappa shape index (κ1) is 21.1. The predicted molar refractivity (Wildman–Crippen MR) is 109 cm³/mol. The number of ether oxygens (including phenoxy) is 1. The number of hydrogen-bond acceptors (Lipinski definition) is 9. The van der Waals surface area contributed by atoms with Crippen LogP contribution in [0.5, 0.6) is 0 Å². The van der Waals surface area contributed by atoms with E-state index in [9.17, 15) is 15.1 Å². The zero-order valence-electron chi connectivity index (χ0n) is 16.4. The molecule has 0 aromatic carbocycles. The molecule has 5 N–H and O–H groups in total. The van der Waals surface area contributed by atoms with Gasteiger partial charge in [-0.1, -0.05) is 18.5 Å². The molecule has 7 atom stereocenters. The van der Waals surface area contributed by atoms with Crippen LogP contribution in [0.4, 0.5) is 5.95 Å². The fraction of sp³-hybridized carbons (Fsp3) is 0.706. The van der Waals surface area contributed by atoms with E-state index < -0.39 is 32.3 Å². The number of aromatic nitrogens is 4. The fourth-order valence-corrected chi connectivity index (χ4v) is 6.77. The lowest BCUT2D eigenvalue weighted by atomic mass is 10.0. The first-order valence-corrected chi connectivity index (χ1v) is 11.8. The van der Waals surface area contributed by atoms with E-state index in [0.29, 0.717) is 24.0 Å². The lowest BCUT2D eigenvalue weighted by Crippen LogP contribution is -2.33. The molecular formula is C17H26ClN5O5P+. The lowest BCUT2D eigenvalue weighted by molar-refractivity contribution is -0.0468. The van der Waals surface area contributed by atoms with E-state index in [1.54, 1.807) is 0 Å². The third kappa shape index (κ3) is 3.50. The number of nitrogens with zero attached hydrogens (tertiary/aromatic N) is 4. The number of hydrogen-bond donors (Lipinski definition) is 4. The number of aliphatic hydroxyl groups is 2. The molecule has 0 radical (unpaired) electrons. The first-order valence-electron chi connectivity index (χ1n) is 9.64. The topological polar surface area (TPSA) is 149 Å².